The van der Waals surface area contributed by atoms with Gasteiger partial charge >= 0.3 is 11.9 Å². The highest BCUT2D eigenvalue weighted by atomic mass is 32.1. The minimum absolute atomic E-state index is 0.0631. The van der Waals surface area contributed by atoms with Gasteiger partial charge in [-0.2, -0.15) is 0 Å². The molecule has 2 bridgehead atoms. The lowest BCUT2D eigenvalue weighted by Gasteiger charge is -2.30. The Balaban J connectivity index is 1.25. The van der Waals surface area contributed by atoms with Gasteiger partial charge in [-0.05, 0) is 92.1 Å². The molecule has 2 fully saturated rings. The molecular formula is C30H34O4S. The van der Waals surface area contributed by atoms with Crippen molar-refractivity contribution in [3.63, 3.8) is 0 Å². The lowest BCUT2D eigenvalue weighted by Crippen LogP contribution is -2.35. The van der Waals surface area contributed by atoms with Crippen molar-refractivity contribution in [3.8, 4) is 0 Å². The predicted octanol–water partition coefficient (Wildman–Crippen LogP) is 7.28. The SMILES string of the molecule is CCC(C)(C)C(=O)OC1CC2CC1CC2C(=O)OC(C)c1ccc2c(ccc3cccc(S)c32)c1. The quantitative estimate of drug-likeness (QED) is 0.224. The number of benzene rings is 3. The monoisotopic (exact) mass is 490 g/mol. The predicted molar refractivity (Wildman–Crippen MR) is 141 cm³/mol. The summed E-state index contributed by atoms with van der Waals surface area (Å²) >= 11 is 4.66. The lowest BCUT2D eigenvalue weighted by molar-refractivity contribution is -0.164. The van der Waals surface area contributed by atoms with Gasteiger partial charge in [0.15, 0.2) is 0 Å². The lowest BCUT2D eigenvalue weighted by atomic mass is 9.86. The number of thiol groups is 1. The van der Waals surface area contributed by atoms with E-state index in [4.69, 9.17) is 9.47 Å². The summed E-state index contributed by atoms with van der Waals surface area (Å²) in [5, 5.41) is 4.56. The third-order valence-corrected chi connectivity index (χ3v) is 8.79. The fraction of sp³-hybridized carbons (Fsp3) is 0.467. The van der Waals surface area contributed by atoms with Crippen LogP contribution < -0.4 is 0 Å². The van der Waals surface area contributed by atoms with Crippen LogP contribution in [-0.4, -0.2) is 18.0 Å². The normalized spacial score (nSPS) is 24.6. The average Bonchev–Trinajstić information content (AvgIpc) is 3.44. The van der Waals surface area contributed by atoms with Crippen molar-refractivity contribution < 1.29 is 19.1 Å². The second-order valence-corrected chi connectivity index (χ2v) is 11.5. The zero-order valence-electron chi connectivity index (χ0n) is 20.9. The molecule has 0 spiro atoms. The molecule has 2 saturated carbocycles. The van der Waals surface area contributed by atoms with Crippen molar-refractivity contribution in [2.45, 2.75) is 70.5 Å². The first-order valence-electron chi connectivity index (χ1n) is 12.7. The fourth-order valence-corrected chi connectivity index (χ4v) is 6.13. The highest BCUT2D eigenvalue weighted by Gasteiger charge is 2.51. The highest BCUT2D eigenvalue weighted by Crippen LogP contribution is 2.51. The third kappa shape index (κ3) is 4.44. The van der Waals surface area contributed by atoms with Gasteiger partial charge in [-0.25, -0.2) is 0 Å². The van der Waals surface area contributed by atoms with E-state index in [0.717, 1.165) is 57.7 Å². The van der Waals surface area contributed by atoms with E-state index in [0.29, 0.717) is 0 Å². The van der Waals surface area contributed by atoms with E-state index < -0.39 is 5.41 Å². The summed E-state index contributed by atoms with van der Waals surface area (Å²) in [6, 6.07) is 16.6. The number of carbonyl (C=O) groups excluding carboxylic acids is 2. The van der Waals surface area contributed by atoms with Crippen LogP contribution in [0.2, 0.25) is 0 Å². The minimum atomic E-state index is -0.462. The van der Waals surface area contributed by atoms with Crippen molar-refractivity contribution in [3.05, 3.63) is 54.1 Å². The number of ether oxygens (including phenoxy) is 2. The number of hydrogen-bond acceptors (Lipinski definition) is 5. The van der Waals surface area contributed by atoms with Crippen LogP contribution in [0.1, 0.15) is 65.0 Å². The van der Waals surface area contributed by atoms with Crippen LogP contribution in [-0.2, 0) is 19.1 Å². The standard InChI is InChI=1S/C30H34O4S/c1-5-30(3,4)29(32)34-25-16-21-14-22(25)15-24(21)28(31)33-17(2)19-11-12-23-20(13-19)10-9-18-7-6-8-26(35)27(18)23/h6-13,17,21-22,24-25,35H,5,14-16H2,1-4H3. The van der Waals surface area contributed by atoms with Crippen molar-refractivity contribution in [2.75, 3.05) is 0 Å². The van der Waals surface area contributed by atoms with Crippen LogP contribution in [0.5, 0.6) is 0 Å². The average molecular weight is 491 g/mol. The molecule has 4 nitrogen and oxygen atoms in total. The first-order chi connectivity index (χ1) is 16.7. The Morgan fingerprint density at radius 1 is 1.03 bits per heavy atom. The molecule has 0 heterocycles. The summed E-state index contributed by atoms with van der Waals surface area (Å²) in [6.07, 6.45) is 2.81. The van der Waals surface area contributed by atoms with Gasteiger partial charge in [0.1, 0.15) is 12.2 Å². The molecule has 3 aromatic rings. The smallest absolute Gasteiger partial charge is 0.311 e. The summed E-state index contributed by atoms with van der Waals surface area (Å²) in [5.74, 6) is 0.139. The highest BCUT2D eigenvalue weighted by molar-refractivity contribution is 7.80. The van der Waals surface area contributed by atoms with Crippen molar-refractivity contribution in [2.24, 2.45) is 23.2 Å². The van der Waals surface area contributed by atoms with Gasteiger partial charge in [-0.3, -0.25) is 9.59 Å². The van der Waals surface area contributed by atoms with E-state index >= 15 is 0 Å². The number of fused-ring (bicyclic) bond motifs is 5. The maximum atomic E-state index is 13.1. The molecule has 0 aliphatic heterocycles. The first-order valence-corrected chi connectivity index (χ1v) is 13.2. The first kappa shape index (κ1) is 24.2. The topological polar surface area (TPSA) is 52.6 Å². The molecule has 35 heavy (non-hydrogen) atoms. The van der Waals surface area contributed by atoms with Crippen LogP contribution in [0, 0.1) is 23.2 Å². The summed E-state index contributed by atoms with van der Waals surface area (Å²) < 4.78 is 11.8. The van der Waals surface area contributed by atoms with Gasteiger partial charge in [0.2, 0.25) is 0 Å². The Kier molecular flexibility index (Phi) is 6.33. The summed E-state index contributed by atoms with van der Waals surface area (Å²) in [5.41, 5.74) is 0.523. The largest absolute Gasteiger partial charge is 0.462 e. The van der Waals surface area contributed by atoms with Crippen LogP contribution >= 0.6 is 12.6 Å². The molecule has 5 atom stereocenters. The Bertz CT molecular complexity index is 1300. The molecule has 0 saturated heterocycles. The third-order valence-electron chi connectivity index (χ3n) is 8.41. The zero-order valence-corrected chi connectivity index (χ0v) is 21.8. The number of esters is 2. The van der Waals surface area contributed by atoms with Crippen molar-refractivity contribution >= 4 is 46.1 Å². The van der Waals surface area contributed by atoms with Crippen LogP contribution in [0.3, 0.4) is 0 Å². The Morgan fingerprint density at radius 3 is 2.51 bits per heavy atom. The molecular weight excluding hydrogens is 456 g/mol. The minimum Gasteiger partial charge on any atom is -0.462 e. The number of hydrogen-bond donors (Lipinski definition) is 1. The molecule has 2 aliphatic rings. The Labute approximate surface area is 212 Å². The van der Waals surface area contributed by atoms with E-state index in [-0.39, 0.29) is 41.9 Å². The van der Waals surface area contributed by atoms with E-state index in [1.54, 1.807) is 0 Å². The van der Waals surface area contributed by atoms with Gasteiger partial charge < -0.3 is 9.47 Å². The molecule has 0 amide bonds. The number of carbonyl (C=O) groups is 2. The summed E-state index contributed by atoms with van der Waals surface area (Å²) in [7, 11) is 0. The number of rotatable bonds is 6. The van der Waals surface area contributed by atoms with Crippen LogP contribution in [0.25, 0.3) is 21.5 Å². The van der Waals surface area contributed by atoms with Gasteiger partial charge in [0, 0.05) is 10.3 Å². The second-order valence-electron chi connectivity index (χ2n) is 11.0. The van der Waals surface area contributed by atoms with Crippen LogP contribution in [0.4, 0.5) is 0 Å². The molecule has 2 aliphatic carbocycles. The Morgan fingerprint density at radius 2 is 1.80 bits per heavy atom. The molecule has 5 heteroatoms. The molecule has 0 radical (unpaired) electrons. The maximum Gasteiger partial charge on any atom is 0.311 e. The molecule has 5 rings (SSSR count). The molecule has 5 unspecified atom stereocenters. The van der Waals surface area contributed by atoms with Gasteiger partial charge in [0.05, 0.1) is 11.3 Å². The molecule has 0 N–H and O–H groups in total. The van der Waals surface area contributed by atoms with Gasteiger partial charge in [-0.15, -0.1) is 12.6 Å². The fourth-order valence-electron chi connectivity index (χ4n) is 5.80. The summed E-state index contributed by atoms with van der Waals surface area (Å²) in [6.45, 7) is 7.80. The summed E-state index contributed by atoms with van der Waals surface area (Å²) in [4.78, 5) is 26.6. The van der Waals surface area contributed by atoms with E-state index in [2.05, 4.69) is 43.0 Å². The van der Waals surface area contributed by atoms with E-state index in [9.17, 15) is 9.59 Å². The van der Waals surface area contributed by atoms with E-state index in [1.165, 1.54) is 0 Å². The molecule has 184 valence electrons. The zero-order chi connectivity index (χ0) is 24.9. The maximum absolute atomic E-state index is 13.1. The van der Waals surface area contributed by atoms with Gasteiger partial charge in [-0.1, -0.05) is 43.3 Å². The van der Waals surface area contributed by atoms with Crippen molar-refractivity contribution in [1.82, 2.24) is 0 Å². The Hall–Kier alpha value is -2.53. The second kappa shape index (κ2) is 9.16. The van der Waals surface area contributed by atoms with Crippen molar-refractivity contribution in [1.29, 1.82) is 0 Å². The molecule has 0 aromatic heterocycles. The van der Waals surface area contributed by atoms with Gasteiger partial charge in [0.25, 0.3) is 0 Å². The van der Waals surface area contributed by atoms with E-state index in [1.807, 2.05) is 45.9 Å². The van der Waals surface area contributed by atoms with Crippen LogP contribution in [0.15, 0.2) is 53.4 Å². The molecule has 3 aromatic carbocycles.